The molecule has 182 valence electrons. The number of carbonyl (C=O) groups is 3. The van der Waals surface area contributed by atoms with E-state index in [2.05, 4.69) is 36.8 Å². The molecule has 2 aromatic rings. The molecule has 1 unspecified atom stereocenters. The number of nitrogens with zero attached hydrogens (tertiary/aromatic N) is 7. The zero-order chi connectivity index (χ0) is 25.1. The SMILES string of the molecule is C#CCn1nnc(SCC2=C(C(=O)O)N3C(=O)C(NC(=O)C(=NOC)c4csc(N)n4)[C@@H]3SC2)n1. The second kappa shape index (κ2) is 10.3. The third-order valence-electron chi connectivity index (χ3n) is 4.74. The summed E-state index contributed by atoms with van der Waals surface area (Å²) in [6, 6.07) is -0.945. The Morgan fingerprint density at radius 3 is 2.97 bits per heavy atom. The number of hydrogen-bond acceptors (Lipinski definition) is 13. The van der Waals surface area contributed by atoms with Crippen molar-refractivity contribution >= 4 is 63.5 Å². The number of aromatic nitrogens is 5. The third-order valence-corrected chi connectivity index (χ3v) is 7.67. The Bertz CT molecular complexity index is 1280. The molecule has 0 aliphatic carbocycles. The van der Waals surface area contributed by atoms with Crippen LogP contribution < -0.4 is 11.1 Å². The number of nitrogens with one attached hydrogen (secondary N) is 1. The highest BCUT2D eigenvalue weighted by molar-refractivity contribution is 8.01. The molecule has 4 N–H and O–H groups in total. The summed E-state index contributed by atoms with van der Waals surface area (Å²) < 4.78 is 0. The molecule has 0 bridgehead atoms. The molecule has 2 aliphatic rings. The largest absolute Gasteiger partial charge is 0.477 e. The van der Waals surface area contributed by atoms with Gasteiger partial charge in [0.15, 0.2) is 10.8 Å². The molecule has 35 heavy (non-hydrogen) atoms. The maximum Gasteiger partial charge on any atom is 0.352 e. The van der Waals surface area contributed by atoms with Crippen LogP contribution in [0.4, 0.5) is 5.13 Å². The van der Waals surface area contributed by atoms with Crippen LogP contribution in [0.2, 0.25) is 0 Å². The van der Waals surface area contributed by atoms with Crippen LogP contribution in [0, 0.1) is 12.3 Å². The molecule has 4 rings (SSSR count). The topological polar surface area (TPSA) is 191 Å². The van der Waals surface area contributed by atoms with Crippen molar-refractivity contribution in [3.05, 3.63) is 22.3 Å². The summed E-state index contributed by atoms with van der Waals surface area (Å²) in [6.07, 6.45) is 5.22. The molecule has 1 fully saturated rings. The second-order valence-corrected chi connectivity index (χ2v) is 9.84. The van der Waals surface area contributed by atoms with Crippen LogP contribution in [0.3, 0.4) is 0 Å². The number of terminal acetylenes is 1. The van der Waals surface area contributed by atoms with Crippen LogP contribution in [0.15, 0.2) is 27.0 Å². The Kier molecular flexibility index (Phi) is 7.23. The number of anilines is 1. The zero-order valence-electron chi connectivity index (χ0n) is 17.9. The molecule has 1 saturated heterocycles. The van der Waals surface area contributed by atoms with E-state index in [0.29, 0.717) is 16.5 Å². The Labute approximate surface area is 210 Å². The molecule has 0 spiro atoms. The average molecular weight is 536 g/mol. The van der Waals surface area contributed by atoms with Gasteiger partial charge in [-0.3, -0.25) is 14.5 Å². The van der Waals surface area contributed by atoms with Crippen molar-refractivity contribution in [2.75, 3.05) is 24.3 Å². The molecular formula is C18H17N9O5S3. The van der Waals surface area contributed by atoms with E-state index in [9.17, 15) is 19.5 Å². The monoisotopic (exact) mass is 535 g/mol. The van der Waals surface area contributed by atoms with Gasteiger partial charge in [-0.15, -0.1) is 39.7 Å². The average Bonchev–Trinajstić information content (AvgIpc) is 3.47. The van der Waals surface area contributed by atoms with Gasteiger partial charge in [0.2, 0.25) is 5.16 Å². The van der Waals surface area contributed by atoms with Crippen molar-refractivity contribution < 1.29 is 24.3 Å². The van der Waals surface area contributed by atoms with Gasteiger partial charge in [-0.2, -0.15) is 4.80 Å². The summed E-state index contributed by atoms with van der Waals surface area (Å²) in [4.78, 5) is 48.9. The number of hydrogen-bond donors (Lipinski definition) is 3. The molecule has 14 nitrogen and oxygen atoms in total. The van der Waals surface area contributed by atoms with Gasteiger partial charge in [-0.25, -0.2) is 9.78 Å². The molecule has 2 amide bonds. The molecule has 4 heterocycles. The predicted octanol–water partition coefficient (Wildman–Crippen LogP) is -0.774. The number of nitrogen functional groups attached to an aromatic ring is 1. The third kappa shape index (κ3) is 4.94. The van der Waals surface area contributed by atoms with Crippen LogP contribution in [-0.4, -0.2) is 88.7 Å². The summed E-state index contributed by atoms with van der Waals surface area (Å²) in [5.41, 5.74) is 6.08. The van der Waals surface area contributed by atoms with E-state index in [1.54, 1.807) is 0 Å². The highest BCUT2D eigenvalue weighted by atomic mass is 32.2. The fourth-order valence-corrected chi connectivity index (χ4v) is 6.09. The lowest BCUT2D eigenvalue weighted by atomic mass is 10.0. The minimum Gasteiger partial charge on any atom is -0.477 e. The molecule has 0 saturated carbocycles. The van der Waals surface area contributed by atoms with E-state index >= 15 is 0 Å². The van der Waals surface area contributed by atoms with Crippen LogP contribution in [0.5, 0.6) is 0 Å². The lowest BCUT2D eigenvalue weighted by Crippen LogP contribution is -2.71. The molecular weight excluding hydrogens is 518 g/mol. The van der Waals surface area contributed by atoms with Crippen LogP contribution in [0.25, 0.3) is 0 Å². The van der Waals surface area contributed by atoms with Crippen molar-refractivity contribution in [1.29, 1.82) is 0 Å². The van der Waals surface area contributed by atoms with E-state index in [4.69, 9.17) is 17.0 Å². The summed E-state index contributed by atoms with van der Waals surface area (Å²) >= 11 is 3.63. The van der Waals surface area contributed by atoms with Gasteiger partial charge in [-0.1, -0.05) is 22.8 Å². The van der Waals surface area contributed by atoms with E-state index < -0.39 is 29.2 Å². The standard InChI is InChI=1S/C18H17N9O5S3/c1-3-4-26-23-18(22-25-26)35-6-8-5-33-15-11(14(29)27(15)12(8)16(30)31)21-13(28)10(24-32-2)9-7-34-17(19)20-9/h1,7,11,15H,4-6H2,2H3,(H2,19,20)(H,21,28)(H,30,31)/t11?,15-/m0/s1. The molecule has 17 heteroatoms. The lowest BCUT2D eigenvalue weighted by molar-refractivity contribution is -0.150. The number of thioether (sulfide) groups is 2. The summed E-state index contributed by atoms with van der Waals surface area (Å²) in [5, 5.41) is 29.4. The first kappa shape index (κ1) is 24.5. The van der Waals surface area contributed by atoms with E-state index in [0.717, 1.165) is 11.3 Å². The van der Waals surface area contributed by atoms with E-state index in [-0.39, 0.29) is 34.5 Å². The van der Waals surface area contributed by atoms with E-state index in [1.807, 2.05) is 0 Å². The number of nitrogens with two attached hydrogens (primary N) is 1. The number of oxime groups is 1. The van der Waals surface area contributed by atoms with Crippen molar-refractivity contribution in [3.63, 3.8) is 0 Å². The van der Waals surface area contributed by atoms with Crippen molar-refractivity contribution in [3.8, 4) is 12.3 Å². The molecule has 2 aromatic heterocycles. The van der Waals surface area contributed by atoms with Crippen molar-refractivity contribution in [1.82, 2.24) is 35.4 Å². The zero-order valence-corrected chi connectivity index (χ0v) is 20.4. The Balaban J connectivity index is 1.47. The van der Waals surface area contributed by atoms with Gasteiger partial charge in [0.25, 0.3) is 11.8 Å². The van der Waals surface area contributed by atoms with Crippen molar-refractivity contribution in [2.24, 2.45) is 5.16 Å². The van der Waals surface area contributed by atoms with Gasteiger partial charge >= 0.3 is 5.97 Å². The van der Waals surface area contributed by atoms with Gasteiger partial charge in [-0.05, 0) is 10.8 Å². The molecule has 0 radical (unpaired) electrons. The number of tetrazole rings is 1. The predicted molar refractivity (Wildman–Crippen MR) is 127 cm³/mol. The number of rotatable bonds is 9. The Hall–Kier alpha value is -3.62. The number of thiazole rings is 1. The summed E-state index contributed by atoms with van der Waals surface area (Å²) in [7, 11) is 1.27. The lowest BCUT2D eigenvalue weighted by Gasteiger charge is -2.49. The van der Waals surface area contributed by atoms with Gasteiger partial charge in [0.1, 0.15) is 36.5 Å². The fourth-order valence-electron chi connectivity index (χ4n) is 3.28. The number of amides is 2. The highest BCUT2D eigenvalue weighted by Crippen LogP contribution is 2.41. The number of carbonyl (C=O) groups excluding carboxylic acids is 2. The van der Waals surface area contributed by atoms with Gasteiger partial charge in [0, 0.05) is 16.9 Å². The number of β-lactam (4-membered cyclic amide) rings is 1. The maximum absolute atomic E-state index is 12.9. The van der Waals surface area contributed by atoms with E-state index in [1.165, 1.54) is 45.7 Å². The van der Waals surface area contributed by atoms with Gasteiger partial charge in [0.05, 0.1) is 0 Å². The fraction of sp³-hybridized carbons (Fsp3) is 0.333. The Morgan fingerprint density at radius 1 is 1.51 bits per heavy atom. The number of fused-ring (bicyclic) bond motifs is 1. The summed E-state index contributed by atoms with van der Waals surface area (Å²) in [6.45, 7) is 0.163. The molecule has 2 atom stereocenters. The summed E-state index contributed by atoms with van der Waals surface area (Å²) in [5.74, 6) is 0.465. The quantitative estimate of drug-likeness (QED) is 0.120. The van der Waals surface area contributed by atoms with Gasteiger partial charge < -0.3 is 21.0 Å². The number of aliphatic carboxylic acids is 1. The minimum absolute atomic E-state index is 0.120. The van der Waals surface area contributed by atoms with Crippen LogP contribution >= 0.6 is 34.9 Å². The first-order valence-electron chi connectivity index (χ1n) is 9.71. The first-order valence-corrected chi connectivity index (χ1v) is 12.6. The van der Waals surface area contributed by atoms with Crippen LogP contribution in [-0.2, 0) is 25.8 Å². The Morgan fingerprint density at radius 2 is 2.31 bits per heavy atom. The first-order chi connectivity index (χ1) is 16.8. The minimum atomic E-state index is -1.24. The second-order valence-electron chi connectivity index (χ2n) is 6.91. The maximum atomic E-state index is 12.9. The van der Waals surface area contributed by atoms with Crippen molar-refractivity contribution in [2.45, 2.75) is 23.1 Å². The number of carboxylic acid groups (broad SMARTS) is 1. The molecule has 0 aromatic carbocycles. The smallest absolute Gasteiger partial charge is 0.352 e. The number of carboxylic acids is 1. The highest BCUT2D eigenvalue weighted by Gasteiger charge is 2.54. The normalized spacial score (nSPS) is 19.6. The molecule has 2 aliphatic heterocycles. The van der Waals surface area contributed by atoms with Crippen LogP contribution in [0.1, 0.15) is 5.69 Å².